The lowest BCUT2D eigenvalue weighted by Crippen LogP contribution is -2.13. The third kappa shape index (κ3) is 4.80. The first-order valence-corrected chi connectivity index (χ1v) is 8.63. The van der Waals surface area contributed by atoms with E-state index in [0.717, 1.165) is 16.7 Å². The Morgan fingerprint density at radius 2 is 1.59 bits per heavy atom. The summed E-state index contributed by atoms with van der Waals surface area (Å²) in [5.41, 5.74) is 10.2. The van der Waals surface area contributed by atoms with Crippen LogP contribution in [0.1, 0.15) is 22.8 Å². The third-order valence-corrected chi connectivity index (χ3v) is 4.04. The van der Waals surface area contributed by atoms with Gasteiger partial charge in [0.15, 0.2) is 0 Å². The van der Waals surface area contributed by atoms with Gasteiger partial charge in [0, 0.05) is 30.4 Å². The van der Waals surface area contributed by atoms with Crippen LogP contribution in [0.25, 0.3) is 11.1 Å². The predicted octanol–water partition coefficient (Wildman–Crippen LogP) is 4.02. The molecular weight excluding hydrogens is 338 g/mol. The van der Waals surface area contributed by atoms with Crippen molar-refractivity contribution >= 4 is 23.2 Å². The van der Waals surface area contributed by atoms with Gasteiger partial charge in [-0.3, -0.25) is 9.59 Å². The summed E-state index contributed by atoms with van der Waals surface area (Å²) in [5.74, 6) is -0.443. The molecule has 136 valence electrons. The summed E-state index contributed by atoms with van der Waals surface area (Å²) < 4.78 is 0. The first-order valence-electron chi connectivity index (χ1n) is 8.63. The van der Waals surface area contributed by atoms with Crippen LogP contribution >= 0.6 is 0 Å². The summed E-state index contributed by atoms with van der Waals surface area (Å²) in [6.45, 7) is 1.87. The van der Waals surface area contributed by atoms with Gasteiger partial charge in [0.05, 0.1) is 0 Å². The van der Waals surface area contributed by atoms with E-state index in [1.54, 1.807) is 12.1 Å². The molecule has 0 bridgehead atoms. The average molecular weight is 359 g/mol. The van der Waals surface area contributed by atoms with E-state index in [9.17, 15) is 9.59 Å². The lowest BCUT2D eigenvalue weighted by molar-refractivity contribution is -0.114. The van der Waals surface area contributed by atoms with E-state index in [2.05, 4.69) is 10.6 Å². The fraction of sp³-hybridized carbons (Fsp3) is 0.0909. The first kappa shape index (κ1) is 18.4. The van der Waals surface area contributed by atoms with E-state index in [0.29, 0.717) is 23.5 Å². The largest absolute Gasteiger partial charge is 0.326 e. The van der Waals surface area contributed by atoms with Gasteiger partial charge in [-0.15, -0.1) is 0 Å². The summed E-state index contributed by atoms with van der Waals surface area (Å²) in [6.07, 6.45) is 0. The second-order valence-corrected chi connectivity index (χ2v) is 6.20. The number of rotatable bonds is 5. The average Bonchev–Trinajstić information content (AvgIpc) is 2.68. The number of nitrogens with one attached hydrogen (secondary N) is 2. The Balaban J connectivity index is 1.99. The highest BCUT2D eigenvalue weighted by Gasteiger charge is 2.11. The van der Waals surface area contributed by atoms with Crippen molar-refractivity contribution in [1.82, 2.24) is 0 Å². The van der Waals surface area contributed by atoms with E-state index in [4.69, 9.17) is 5.73 Å². The summed E-state index contributed by atoms with van der Waals surface area (Å²) >= 11 is 0. The minimum absolute atomic E-state index is 0.197. The molecule has 5 nitrogen and oxygen atoms in total. The lowest BCUT2D eigenvalue weighted by atomic mass is 9.99. The molecule has 0 aliphatic carbocycles. The highest BCUT2D eigenvalue weighted by Crippen LogP contribution is 2.26. The van der Waals surface area contributed by atoms with Crippen LogP contribution in [0.15, 0.2) is 72.8 Å². The molecule has 27 heavy (non-hydrogen) atoms. The van der Waals surface area contributed by atoms with Crippen molar-refractivity contribution < 1.29 is 9.59 Å². The number of anilines is 2. The maximum atomic E-state index is 12.7. The van der Waals surface area contributed by atoms with Crippen LogP contribution in [-0.2, 0) is 11.3 Å². The monoisotopic (exact) mass is 359 g/mol. The SMILES string of the molecule is CC(=O)Nc1cc(C(=O)Nc2ccccc2)cc(-c2cccc(CN)c2)c1. The zero-order chi connectivity index (χ0) is 19.2. The topological polar surface area (TPSA) is 84.2 Å². The Kier molecular flexibility index (Phi) is 5.64. The molecule has 2 amide bonds. The van der Waals surface area contributed by atoms with Gasteiger partial charge in [0.25, 0.3) is 5.91 Å². The van der Waals surface area contributed by atoms with Crippen molar-refractivity contribution in [2.45, 2.75) is 13.5 Å². The Hall–Kier alpha value is -3.44. The molecule has 0 unspecified atom stereocenters. The lowest BCUT2D eigenvalue weighted by Gasteiger charge is -2.12. The summed E-state index contributed by atoms with van der Waals surface area (Å²) in [6, 6.07) is 22.3. The van der Waals surface area contributed by atoms with Crippen LogP contribution in [0.4, 0.5) is 11.4 Å². The molecule has 0 aromatic heterocycles. The molecule has 3 rings (SSSR count). The molecule has 0 atom stereocenters. The van der Waals surface area contributed by atoms with E-state index in [-0.39, 0.29) is 11.8 Å². The van der Waals surface area contributed by atoms with Gasteiger partial charge < -0.3 is 16.4 Å². The van der Waals surface area contributed by atoms with E-state index < -0.39 is 0 Å². The van der Waals surface area contributed by atoms with Crippen molar-refractivity contribution in [3.8, 4) is 11.1 Å². The zero-order valence-corrected chi connectivity index (χ0v) is 15.0. The van der Waals surface area contributed by atoms with Gasteiger partial charge in [-0.1, -0.05) is 36.4 Å². The minimum atomic E-state index is -0.246. The fourth-order valence-corrected chi connectivity index (χ4v) is 2.80. The van der Waals surface area contributed by atoms with Crippen molar-refractivity contribution in [3.05, 3.63) is 83.9 Å². The molecule has 0 saturated heterocycles. The zero-order valence-electron chi connectivity index (χ0n) is 15.0. The second kappa shape index (κ2) is 8.29. The second-order valence-electron chi connectivity index (χ2n) is 6.20. The smallest absolute Gasteiger partial charge is 0.255 e. The number of amides is 2. The highest BCUT2D eigenvalue weighted by atomic mass is 16.2. The fourth-order valence-electron chi connectivity index (χ4n) is 2.80. The van der Waals surface area contributed by atoms with Gasteiger partial charge in [-0.05, 0) is 53.1 Å². The molecule has 0 spiro atoms. The number of para-hydroxylation sites is 1. The van der Waals surface area contributed by atoms with Gasteiger partial charge in [0.2, 0.25) is 5.91 Å². The Labute approximate surface area is 158 Å². The van der Waals surface area contributed by atoms with Crippen molar-refractivity contribution in [3.63, 3.8) is 0 Å². The van der Waals surface area contributed by atoms with Gasteiger partial charge in [-0.2, -0.15) is 0 Å². The predicted molar refractivity (Wildman–Crippen MR) is 108 cm³/mol. The van der Waals surface area contributed by atoms with E-state index in [1.807, 2.05) is 60.7 Å². The Morgan fingerprint density at radius 1 is 0.815 bits per heavy atom. The molecule has 5 heteroatoms. The summed E-state index contributed by atoms with van der Waals surface area (Å²) in [4.78, 5) is 24.2. The minimum Gasteiger partial charge on any atom is -0.326 e. The molecule has 0 heterocycles. The molecular formula is C22H21N3O2. The van der Waals surface area contributed by atoms with Gasteiger partial charge >= 0.3 is 0 Å². The van der Waals surface area contributed by atoms with Crippen LogP contribution in [0.3, 0.4) is 0 Å². The molecule has 0 fully saturated rings. The number of carbonyl (C=O) groups is 2. The quantitative estimate of drug-likeness (QED) is 0.643. The van der Waals surface area contributed by atoms with Crippen LogP contribution in [0.2, 0.25) is 0 Å². The Morgan fingerprint density at radius 3 is 2.30 bits per heavy atom. The molecule has 0 aliphatic heterocycles. The number of benzene rings is 3. The first-order chi connectivity index (χ1) is 13.0. The molecule has 0 aliphatic rings. The van der Waals surface area contributed by atoms with Gasteiger partial charge in [-0.25, -0.2) is 0 Å². The van der Waals surface area contributed by atoms with Crippen LogP contribution in [0, 0.1) is 0 Å². The molecule has 3 aromatic rings. The normalized spacial score (nSPS) is 10.3. The van der Waals surface area contributed by atoms with Crippen molar-refractivity contribution in [1.29, 1.82) is 0 Å². The standard InChI is InChI=1S/C22H21N3O2/c1-15(26)24-21-12-18(17-7-5-6-16(10-17)14-23)11-19(13-21)22(27)25-20-8-3-2-4-9-20/h2-13H,14,23H2,1H3,(H,24,26)(H,25,27). The number of nitrogens with two attached hydrogens (primary N) is 1. The maximum Gasteiger partial charge on any atom is 0.255 e. The summed E-state index contributed by atoms with van der Waals surface area (Å²) in [5, 5.41) is 5.63. The van der Waals surface area contributed by atoms with Crippen molar-refractivity contribution in [2.75, 3.05) is 10.6 Å². The molecule has 0 saturated carbocycles. The Bertz CT molecular complexity index is 968. The van der Waals surface area contributed by atoms with Gasteiger partial charge in [0.1, 0.15) is 0 Å². The van der Waals surface area contributed by atoms with E-state index >= 15 is 0 Å². The molecule has 0 radical (unpaired) electrons. The van der Waals surface area contributed by atoms with Crippen molar-refractivity contribution in [2.24, 2.45) is 5.73 Å². The highest BCUT2D eigenvalue weighted by molar-refractivity contribution is 6.06. The number of carbonyl (C=O) groups excluding carboxylic acids is 2. The van der Waals surface area contributed by atoms with Crippen LogP contribution in [-0.4, -0.2) is 11.8 Å². The van der Waals surface area contributed by atoms with Crippen LogP contribution in [0.5, 0.6) is 0 Å². The number of hydrogen-bond donors (Lipinski definition) is 3. The molecule has 4 N–H and O–H groups in total. The molecule has 3 aromatic carbocycles. The van der Waals surface area contributed by atoms with E-state index in [1.165, 1.54) is 6.92 Å². The van der Waals surface area contributed by atoms with Crippen LogP contribution < -0.4 is 16.4 Å². The third-order valence-electron chi connectivity index (χ3n) is 4.04. The maximum absolute atomic E-state index is 12.7. The number of hydrogen-bond acceptors (Lipinski definition) is 3. The summed E-state index contributed by atoms with van der Waals surface area (Å²) in [7, 11) is 0.